The summed E-state index contributed by atoms with van der Waals surface area (Å²) in [5, 5.41) is 19.4. The van der Waals surface area contributed by atoms with Crippen LogP contribution < -0.4 is 5.49 Å². The third-order valence-electron chi connectivity index (χ3n) is 3.92. The van der Waals surface area contributed by atoms with Crippen LogP contribution in [0.1, 0.15) is 6.23 Å². The number of rotatable bonds is 3. The van der Waals surface area contributed by atoms with E-state index >= 15 is 0 Å². The summed E-state index contributed by atoms with van der Waals surface area (Å²) in [5.41, 5.74) is 1.90. The van der Waals surface area contributed by atoms with E-state index in [9.17, 15) is 10.2 Å². The van der Waals surface area contributed by atoms with Gasteiger partial charge in [-0.3, -0.25) is 9.56 Å². The number of aliphatic hydroxyl groups excluding tert-OH is 2. The molecule has 0 radical (unpaired) electrons. The van der Waals surface area contributed by atoms with E-state index in [0.29, 0.717) is 16.7 Å². The first kappa shape index (κ1) is 15.1. The van der Waals surface area contributed by atoms with Crippen molar-refractivity contribution in [3.05, 3.63) is 18.1 Å². The molecule has 2 aromatic heterocycles. The Hall–Kier alpha value is -1.81. The maximum atomic E-state index is 10.1. The number of methoxy groups -OCH3 is 1. The van der Waals surface area contributed by atoms with Gasteiger partial charge in [-0.05, 0) is 0 Å². The van der Waals surface area contributed by atoms with Crippen LogP contribution in [0.25, 0.3) is 11.2 Å². The fourth-order valence-electron chi connectivity index (χ4n) is 2.80. The molecule has 0 spiro atoms. The summed E-state index contributed by atoms with van der Waals surface area (Å²) in [7, 11) is 5.01. The Bertz CT molecular complexity index is 740. The van der Waals surface area contributed by atoms with Crippen molar-refractivity contribution in [2.24, 2.45) is 12.0 Å². The van der Waals surface area contributed by atoms with Gasteiger partial charge < -0.3 is 24.3 Å². The second kappa shape index (κ2) is 5.76. The molecule has 9 heteroatoms. The molecule has 2 aromatic rings. The zero-order valence-corrected chi connectivity index (χ0v) is 12.6. The Morgan fingerprint density at radius 2 is 2.18 bits per heavy atom. The zero-order chi connectivity index (χ0) is 15.9. The molecule has 0 saturated carbocycles. The summed E-state index contributed by atoms with van der Waals surface area (Å²) in [4.78, 5) is 12.9. The lowest BCUT2D eigenvalue weighted by atomic mass is 10.1. The van der Waals surface area contributed by atoms with Gasteiger partial charge in [0, 0.05) is 21.2 Å². The minimum absolute atomic E-state index is 0.290. The molecule has 1 aliphatic rings. The van der Waals surface area contributed by atoms with Crippen LogP contribution in [0.15, 0.2) is 17.6 Å². The molecule has 9 nitrogen and oxygen atoms in total. The Morgan fingerprint density at radius 3 is 2.82 bits per heavy atom. The fourth-order valence-corrected chi connectivity index (χ4v) is 2.80. The number of aromatic nitrogens is 4. The van der Waals surface area contributed by atoms with Gasteiger partial charge in [-0.2, -0.15) is 0 Å². The normalized spacial score (nSPS) is 29.6. The van der Waals surface area contributed by atoms with Crippen molar-refractivity contribution in [1.82, 2.24) is 19.1 Å². The average Bonchev–Trinajstić information content (AvgIpc) is 3.07. The molecular formula is C13H19N5O4. The van der Waals surface area contributed by atoms with Gasteiger partial charge in [0.1, 0.15) is 18.3 Å². The van der Waals surface area contributed by atoms with E-state index in [4.69, 9.17) is 9.47 Å². The van der Waals surface area contributed by atoms with Crippen molar-refractivity contribution in [3.8, 4) is 0 Å². The first-order valence-corrected chi connectivity index (χ1v) is 6.90. The molecule has 2 N–H and O–H groups in total. The second-order valence-electron chi connectivity index (χ2n) is 5.17. The van der Waals surface area contributed by atoms with Crippen LogP contribution in [0.5, 0.6) is 0 Å². The van der Waals surface area contributed by atoms with E-state index < -0.39 is 24.5 Å². The van der Waals surface area contributed by atoms with Crippen molar-refractivity contribution in [2.45, 2.75) is 24.5 Å². The highest BCUT2D eigenvalue weighted by Gasteiger charge is 2.45. The van der Waals surface area contributed by atoms with Gasteiger partial charge in [0.25, 0.3) is 0 Å². The smallest absolute Gasteiger partial charge is 0.167 e. The average molecular weight is 309 g/mol. The topological polar surface area (TPSA) is 107 Å². The Labute approximate surface area is 126 Å². The van der Waals surface area contributed by atoms with Crippen molar-refractivity contribution >= 4 is 11.2 Å². The number of fused-ring (bicyclic) bond motifs is 1. The number of hydrogen-bond acceptors (Lipinski definition) is 7. The Morgan fingerprint density at radius 1 is 1.41 bits per heavy atom. The van der Waals surface area contributed by atoms with Crippen LogP contribution in [-0.4, -0.2) is 68.4 Å². The third kappa shape index (κ3) is 2.13. The van der Waals surface area contributed by atoms with Gasteiger partial charge >= 0.3 is 0 Å². The first-order valence-electron chi connectivity index (χ1n) is 6.90. The maximum Gasteiger partial charge on any atom is 0.167 e. The molecule has 3 rings (SSSR count). The highest BCUT2D eigenvalue weighted by molar-refractivity contribution is 5.68. The zero-order valence-electron chi connectivity index (χ0n) is 12.6. The highest BCUT2D eigenvalue weighted by Crippen LogP contribution is 2.32. The molecule has 120 valence electrons. The predicted octanol–water partition coefficient (Wildman–Crippen LogP) is -1.43. The molecule has 0 amide bonds. The van der Waals surface area contributed by atoms with Crippen molar-refractivity contribution in [2.75, 3.05) is 20.8 Å². The lowest BCUT2D eigenvalue weighted by Crippen LogP contribution is -2.34. The van der Waals surface area contributed by atoms with E-state index in [0.717, 1.165) is 0 Å². The van der Waals surface area contributed by atoms with Crippen molar-refractivity contribution < 1.29 is 19.7 Å². The number of ether oxygens (including phenoxy) is 2. The summed E-state index contributed by atoms with van der Waals surface area (Å²) >= 11 is 0. The minimum atomic E-state index is -0.924. The molecule has 4 atom stereocenters. The number of aliphatic hydroxyl groups is 2. The number of imidazole rings is 1. The monoisotopic (exact) mass is 309 g/mol. The van der Waals surface area contributed by atoms with Crippen LogP contribution in [0.3, 0.4) is 0 Å². The molecule has 1 fully saturated rings. The maximum absolute atomic E-state index is 10.1. The number of hydrogen-bond donors (Lipinski definition) is 2. The predicted molar refractivity (Wildman–Crippen MR) is 75.8 cm³/mol. The lowest BCUT2D eigenvalue weighted by molar-refractivity contribution is -0.0583. The summed E-state index contributed by atoms with van der Waals surface area (Å²) < 4.78 is 14.5. The molecule has 0 aromatic carbocycles. The van der Waals surface area contributed by atoms with Gasteiger partial charge in [-0.25, -0.2) is 9.97 Å². The second-order valence-corrected chi connectivity index (χ2v) is 5.17. The molecule has 1 aliphatic heterocycles. The van der Waals surface area contributed by atoms with Crippen LogP contribution in [0.4, 0.5) is 0 Å². The van der Waals surface area contributed by atoms with E-state index in [2.05, 4.69) is 15.0 Å². The molecule has 3 heterocycles. The van der Waals surface area contributed by atoms with Crippen molar-refractivity contribution in [1.29, 1.82) is 0 Å². The van der Waals surface area contributed by atoms with E-state index in [1.54, 1.807) is 28.8 Å². The Kier molecular flexibility index (Phi) is 3.96. The number of nitrogens with zero attached hydrogens (tertiary/aromatic N) is 5. The summed E-state index contributed by atoms with van der Waals surface area (Å²) in [6.07, 6.45) is 0.351. The van der Waals surface area contributed by atoms with Gasteiger partial charge in [0.05, 0.1) is 19.3 Å². The fraction of sp³-hybridized carbons (Fsp3) is 0.615. The lowest BCUT2D eigenvalue weighted by Gasteiger charge is -2.19. The van der Waals surface area contributed by atoms with Gasteiger partial charge in [0.2, 0.25) is 0 Å². The van der Waals surface area contributed by atoms with Crippen LogP contribution >= 0.6 is 0 Å². The standard InChI is InChI=1S/C13H19N5O4/c1-14-11-8-12(16-5-17(11)2)18(6-15-8)13-10(21-3)9(20)7(4-19)22-13/h5-7,9-10,13,19-20H,4H2,1-3H3/t7-,9-,10-,13-/m1/s1. The largest absolute Gasteiger partial charge is 0.394 e. The molecule has 0 aliphatic carbocycles. The number of aryl methyl sites for hydroxylation is 1. The molecular weight excluding hydrogens is 290 g/mol. The van der Waals surface area contributed by atoms with E-state index in [1.807, 2.05) is 7.05 Å². The summed E-state index contributed by atoms with van der Waals surface area (Å²) in [6, 6.07) is 0. The van der Waals surface area contributed by atoms with Gasteiger partial charge in [-0.1, -0.05) is 0 Å². The first-order chi connectivity index (χ1) is 10.6. The van der Waals surface area contributed by atoms with Crippen molar-refractivity contribution in [3.63, 3.8) is 0 Å². The van der Waals surface area contributed by atoms with Crippen LogP contribution in [-0.2, 0) is 16.5 Å². The SMILES string of the molecule is CN=c1c2ncn([C@@H]3O[C@H](CO)[C@@H](O)[C@H]3OC)c2ncn1C. The van der Waals surface area contributed by atoms with E-state index in [-0.39, 0.29) is 6.61 Å². The molecule has 22 heavy (non-hydrogen) atoms. The van der Waals surface area contributed by atoms with Crippen LogP contribution in [0.2, 0.25) is 0 Å². The third-order valence-corrected chi connectivity index (χ3v) is 3.92. The Balaban J connectivity index is 2.11. The highest BCUT2D eigenvalue weighted by atomic mass is 16.6. The molecule has 0 bridgehead atoms. The van der Waals surface area contributed by atoms with E-state index in [1.165, 1.54) is 7.11 Å². The minimum Gasteiger partial charge on any atom is -0.394 e. The molecule has 1 saturated heterocycles. The quantitative estimate of drug-likeness (QED) is 0.719. The molecule has 0 unspecified atom stereocenters. The summed E-state index contributed by atoms with van der Waals surface area (Å²) in [6.45, 7) is -0.290. The van der Waals surface area contributed by atoms with Gasteiger partial charge in [-0.15, -0.1) is 0 Å². The summed E-state index contributed by atoms with van der Waals surface area (Å²) in [5.74, 6) is 0. The van der Waals surface area contributed by atoms with Crippen LogP contribution in [0, 0.1) is 0 Å². The van der Waals surface area contributed by atoms with Gasteiger partial charge in [0.15, 0.2) is 22.9 Å².